The number of hydrogen-bond acceptors (Lipinski definition) is 2. The lowest BCUT2D eigenvalue weighted by molar-refractivity contribution is 0.0995. The molecule has 0 radical (unpaired) electrons. The highest BCUT2D eigenvalue weighted by molar-refractivity contribution is 9.08. The van der Waals surface area contributed by atoms with Crippen molar-refractivity contribution in [1.82, 2.24) is 0 Å². The maximum atomic E-state index is 11.8. The molecule has 0 unspecified atom stereocenters. The minimum Gasteiger partial charge on any atom is -0.456 e. The van der Waals surface area contributed by atoms with Gasteiger partial charge >= 0.3 is 0 Å². The van der Waals surface area contributed by atoms with Crippen LogP contribution in [0.15, 0.2) is 40.8 Å². The van der Waals surface area contributed by atoms with E-state index in [1.165, 1.54) is 0 Å². The number of rotatable bonds is 3. The second kappa shape index (κ2) is 5.19. The summed E-state index contributed by atoms with van der Waals surface area (Å²) >= 11 is 3.37. The molecule has 0 bridgehead atoms. The predicted molar refractivity (Wildman–Crippen MR) is 70.5 cm³/mol. The Kier molecular flexibility index (Phi) is 3.64. The summed E-state index contributed by atoms with van der Waals surface area (Å²) in [6, 6.07) is 11.1. The summed E-state index contributed by atoms with van der Waals surface area (Å²) in [5.41, 5.74) is 1.92. The van der Waals surface area contributed by atoms with Gasteiger partial charge in [0.15, 0.2) is 5.76 Å². The molecule has 0 aliphatic rings. The van der Waals surface area contributed by atoms with E-state index in [-0.39, 0.29) is 5.91 Å². The second-order valence-corrected chi connectivity index (χ2v) is 4.26. The molecule has 0 saturated carbocycles. The summed E-state index contributed by atoms with van der Waals surface area (Å²) in [7, 11) is 0. The molecule has 1 aromatic carbocycles. The molecule has 2 aromatic rings. The number of nitrogens with one attached hydrogen (secondary N) is 1. The normalized spacial score (nSPS) is 10.2. The first-order valence-corrected chi connectivity index (χ1v) is 6.34. The lowest BCUT2D eigenvalue weighted by Gasteiger charge is -2.03. The molecular weight excluding hydrogens is 282 g/mol. The molecule has 0 fully saturated rings. The molecule has 3 nitrogen and oxygen atoms in total. The van der Waals surface area contributed by atoms with E-state index in [2.05, 4.69) is 21.2 Å². The third kappa shape index (κ3) is 2.97. The van der Waals surface area contributed by atoms with Gasteiger partial charge in [0, 0.05) is 11.0 Å². The fourth-order valence-electron chi connectivity index (χ4n) is 1.43. The monoisotopic (exact) mass is 293 g/mol. The molecule has 4 heteroatoms. The van der Waals surface area contributed by atoms with Crippen LogP contribution >= 0.6 is 15.9 Å². The Balaban J connectivity index is 2.07. The van der Waals surface area contributed by atoms with Crippen molar-refractivity contribution >= 4 is 27.5 Å². The molecule has 0 atom stereocenters. The highest BCUT2D eigenvalue weighted by atomic mass is 79.9. The van der Waals surface area contributed by atoms with Crippen LogP contribution in [0.25, 0.3) is 0 Å². The summed E-state index contributed by atoms with van der Waals surface area (Å²) in [6.07, 6.45) is 0. The van der Waals surface area contributed by atoms with Crippen LogP contribution in [0.5, 0.6) is 0 Å². The molecule has 1 N–H and O–H groups in total. The number of anilines is 1. The van der Waals surface area contributed by atoms with Crippen LogP contribution in [0.3, 0.4) is 0 Å². The molecular formula is C13H12BrNO2. The van der Waals surface area contributed by atoms with E-state index in [0.717, 1.165) is 22.3 Å². The van der Waals surface area contributed by atoms with Crippen molar-refractivity contribution in [3.63, 3.8) is 0 Å². The lowest BCUT2D eigenvalue weighted by atomic mass is 10.2. The van der Waals surface area contributed by atoms with E-state index in [0.29, 0.717) is 5.76 Å². The van der Waals surface area contributed by atoms with Crippen LogP contribution in [0.1, 0.15) is 21.9 Å². The molecule has 0 spiro atoms. The zero-order valence-corrected chi connectivity index (χ0v) is 11.0. The third-order valence-electron chi connectivity index (χ3n) is 2.33. The highest BCUT2D eigenvalue weighted by Gasteiger charge is 2.09. The van der Waals surface area contributed by atoms with Gasteiger partial charge in [-0.3, -0.25) is 4.79 Å². The topological polar surface area (TPSA) is 42.2 Å². The third-order valence-corrected chi connectivity index (χ3v) is 2.98. The number of halogens is 1. The molecule has 1 heterocycles. The van der Waals surface area contributed by atoms with Crippen molar-refractivity contribution in [2.24, 2.45) is 0 Å². The van der Waals surface area contributed by atoms with Crippen molar-refractivity contribution in [2.45, 2.75) is 12.3 Å². The van der Waals surface area contributed by atoms with Crippen LogP contribution in [0.4, 0.5) is 5.69 Å². The van der Waals surface area contributed by atoms with Crippen LogP contribution in [-0.4, -0.2) is 5.91 Å². The Bertz CT molecular complexity index is 516. The first kappa shape index (κ1) is 11.9. The Morgan fingerprint density at radius 2 is 1.94 bits per heavy atom. The molecule has 1 amide bonds. The van der Waals surface area contributed by atoms with Crippen LogP contribution < -0.4 is 5.32 Å². The summed E-state index contributed by atoms with van der Waals surface area (Å²) in [6.45, 7) is 1.81. The van der Waals surface area contributed by atoms with Gasteiger partial charge in [-0.1, -0.05) is 28.1 Å². The molecule has 0 aliphatic carbocycles. The molecule has 0 saturated heterocycles. The van der Waals surface area contributed by atoms with Gasteiger partial charge in [0.1, 0.15) is 5.76 Å². The number of aryl methyl sites for hydroxylation is 1. The van der Waals surface area contributed by atoms with E-state index in [1.54, 1.807) is 12.1 Å². The van der Waals surface area contributed by atoms with E-state index in [9.17, 15) is 4.79 Å². The van der Waals surface area contributed by atoms with Crippen LogP contribution in [0, 0.1) is 6.92 Å². The van der Waals surface area contributed by atoms with Crippen molar-refractivity contribution in [3.8, 4) is 0 Å². The van der Waals surface area contributed by atoms with Crippen molar-refractivity contribution in [3.05, 3.63) is 53.5 Å². The Morgan fingerprint density at radius 1 is 1.24 bits per heavy atom. The van der Waals surface area contributed by atoms with Gasteiger partial charge in [-0.15, -0.1) is 0 Å². The average molecular weight is 294 g/mol. The van der Waals surface area contributed by atoms with Gasteiger partial charge in [0.2, 0.25) is 0 Å². The SMILES string of the molecule is Cc1ccc(C(=O)Nc2ccc(CBr)cc2)o1. The molecule has 17 heavy (non-hydrogen) atoms. The zero-order valence-electron chi connectivity index (χ0n) is 9.37. The maximum Gasteiger partial charge on any atom is 0.291 e. The summed E-state index contributed by atoms with van der Waals surface area (Å²) in [4.78, 5) is 11.8. The molecule has 2 rings (SSSR count). The van der Waals surface area contributed by atoms with Gasteiger partial charge in [-0.2, -0.15) is 0 Å². The van der Waals surface area contributed by atoms with Gasteiger partial charge in [-0.25, -0.2) is 0 Å². The fraction of sp³-hybridized carbons (Fsp3) is 0.154. The van der Waals surface area contributed by atoms with Crippen molar-refractivity contribution in [2.75, 3.05) is 5.32 Å². The summed E-state index contributed by atoms with van der Waals surface area (Å²) < 4.78 is 5.24. The second-order valence-electron chi connectivity index (χ2n) is 3.69. The van der Waals surface area contributed by atoms with Crippen LogP contribution in [0.2, 0.25) is 0 Å². The van der Waals surface area contributed by atoms with E-state index >= 15 is 0 Å². The number of carbonyl (C=O) groups is 1. The largest absolute Gasteiger partial charge is 0.456 e. The van der Waals surface area contributed by atoms with E-state index in [4.69, 9.17) is 4.42 Å². The minimum atomic E-state index is -0.232. The van der Waals surface area contributed by atoms with Gasteiger partial charge in [0.25, 0.3) is 5.91 Å². The summed E-state index contributed by atoms with van der Waals surface area (Å²) in [5.74, 6) is 0.821. The Hall–Kier alpha value is -1.55. The number of alkyl halides is 1. The summed E-state index contributed by atoms with van der Waals surface area (Å²) in [5, 5.41) is 3.58. The van der Waals surface area contributed by atoms with Crippen molar-refractivity contribution in [1.29, 1.82) is 0 Å². The Morgan fingerprint density at radius 3 is 2.47 bits per heavy atom. The highest BCUT2D eigenvalue weighted by Crippen LogP contribution is 2.14. The lowest BCUT2D eigenvalue weighted by Crippen LogP contribution is -2.10. The van der Waals surface area contributed by atoms with E-state index < -0.39 is 0 Å². The van der Waals surface area contributed by atoms with Gasteiger partial charge < -0.3 is 9.73 Å². The quantitative estimate of drug-likeness (QED) is 0.876. The standard InChI is InChI=1S/C13H12BrNO2/c1-9-2-7-12(17-9)13(16)15-11-5-3-10(8-14)4-6-11/h2-7H,8H2,1H3,(H,15,16). The zero-order chi connectivity index (χ0) is 12.3. The number of amides is 1. The molecule has 1 aromatic heterocycles. The van der Waals surface area contributed by atoms with Crippen molar-refractivity contribution < 1.29 is 9.21 Å². The van der Waals surface area contributed by atoms with Crippen LogP contribution in [-0.2, 0) is 5.33 Å². The van der Waals surface area contributed by atoms with Gasteiger partial charge in [-0.05, 0) is 36.8 Å². The number of hydrogen-bond donors (Lipinski definition) is 1. The number of furan rings is 1. The maximum absolute atomic E-state index is 11.8. The first-order valence-electron chi connectivity index (χ1n) is 5.22. The van der Waals surface area contributed by atoms with Gasteiger partial charge in [0.05, 0.1) is 0 Å². The molecule has 0 aliphatic heterocycles. The van der Waals surface area contributed by atoms with E-state index in [1.807, 2.05) is 31.2 Å². The predicted octanol–water partition coefficient (Wildman–Crippen LogP) is 3.74. The molecule has 88 valence electrons. The number of carbonyl (C=O) groups excluding carboxylic acids is 1. The smallest absolute Gasteiger partial charge is 0.291 e. The minimum absolute atomic E-state index is 0.232. The first-order chi connectivity index (χ1) is 8.19. The fourth-order valence-corrected chi connectivity index (χ4v) is 1.80. The average Bonchev–Trinajstić information content (AvgIpc) is 2.77. The number of benzene rings is 1. The Labute approximate surface area is 108 Å².